The van der Waals surface area contributed by atoms with Crippen LogP contribution in [0.15, 0.2) is 36.7 Å². The lowest BCUT2D eigenvalue weighted by Gasteiger charge is -2.22. The first kappa shape index (κ1) is 15.5. The average Bonchev–Trinajstić information content (AvgIpc) is 2.84. The lowest BCUT2D eigenvalue weighted by Crippen LogP contribution is -2.29. The molecule has 0 aliphatic carbocycles. The van der Waals surface area contributed by atoms with Crippen molar-refractivity contribution in [1.29, 1.82) is 0 Å². The number of ether oxygens (including phenoxy) is 1. The molecule has 5 nitrogen and oxygen atoms in total. The highest BCUT2D eigenvalue weighted by Gasteiger charge is 2.14. The highest BCUT2D eigenvalue weighted by atomic mass is 16.5. The summed E-state index contributed by atoms with van der Waals surface area (Å²) in [6, 6.07) is 7.90. The van der Waals surface area contributed by atoms with Crippen molar-refractivity contribution in [1.82, 2.24) is 14.7 Å². The first-order valence-electron chi connectivity index (χ1n) is 7.23. The third-order valence-electron chi connectivity index (χ3n) is 3.34. The molecular formula is C16H24N4O. The molecule has 1 aromatic heterocycles. The smallest absolute Gasteiger partial charge is 0.124 e. The van der Waals surface area contributed by atoms with E-state index < -0.39 is 0 Å². The highest BCUT2D eigenvalue weighted by Crippen LogP contribution is 2.24. The van der Waals surface area contributed by atoms with Gasteiger partial charge < -0.3 is 15.4 Å². The van der Waals surface area contributed by atoms with Crippen molar-refractivity contribution >= 4 is 0 Å². The van der Waals surface area contributed by atoms with Crippen molar-refractivity contribution < 1.29 is 4.74 Å². The molecule has 1 atom stereocenters. The van der Waals surface area contributed by atoms with Gasteiger partial charge in [0, 0.05) is 43.5 Å². The summed E-state index contributed by atoms with van der Waals surface area (Å²) < 4.78 is 7.46. The van der Waals surface area contributed by atoms with Gasteiger partial charge in [-0.2, -0.15) is 5.10 Å². The van der Waals surface area contributed by atoms with Crippen LogP contribution in [0.4, 0.5) is 0 Å². The minimum absolute atomic E-state index is 0.0746. The van der Waals surface area contributed by atoms with Crippen LogP contribution in [-0.2, 0) is 13.6 Å². The number of likely N-dealkylation sites (N-methyl/N-ethyl adjacent to an activating group) is 1. The first-order valence-corrected chi connectivity index (χ1v) is 7.23. The van der Waals surface area contributed by atoms with Gasteiger partial charge in [0.2, 0.25) is 0 Å². The summed E-state index contributed by atoms with van der Waals surface area (Å²) >= 11 is 0. The van der Waals surface area contributed by atoms with E-state index in [-0.39, 0.29) is 6.04 Å². The Labute approximate surface area is 126 Å². The summed E-state index contributed by atoms with van der Waals surface area (Å²) in [5.74, 6) is 0.877. The average molecular weight is 288 g/mol. The molecule has 0 aliphatic heterocycles. The molecule has 0 aliphatic rings. The van der Waals surface area contributed by atoms with Crippen LogP contribution in [0.1, 0.15) is 24.1 Å². The minimum atomic E-state index is -0.0746. The SMILES string of the molecule is CCOc1ccccc1C(N)CN(C)Cc1cnn(C)c1. The summed E-state index contributed by atoms with van der Waals surface area (Å²) in [6.45, 7) is 4.23. The van der Waals surface area contributed by atoms with E-state index in [1.54, 1.807) is 0 Å². The Morgan fingerprint density at radius 1 is 1.38 bits per heavy atom. The molecule has 2 rings (SSSR count). The maximum absolute atomic E-state index is 6.34. The van der Waals surface area contributed by atoms with Crippen molar-refractivity contribution in [2.75, 3.05) is 20.2 Å². The molecule has 1 unspecified atom stereocenters. The zero-order chi connectivity index (χ0) is 15.2. The van der Waals surface area contributed by atoms with E-state index in [4.69, 9.17) is 10.5 Å². The Morgan fingerprint density at radius 3 is 2.81 bits per heavy atom. The van der Waals surface area contributed by atoms with Gasteiger partial charge in [0.15, 0.2) is 0 Å². The number of aryl methyl sites for hydroxylation is 1. The van der Waals surface area contributed by atoms with Crippen LogP contribution in [0.5, 0.6) is 5.75 Å². The van der Waals surface area contributed by atoms with Crippen molar-refractivity contribution in [3.63, 3.8) is 0 Å². The molecule has 5 heteroatoms. The number of nitrogens with zero attached hydrogens (tertiary/aromatic N) is 3. The summed E-state index contributed by atoms with van der Waals surface area (Å²) in [4.78, 5) is 2.20. The van der Waals surface area contributed by atoms with Gasteiger partial charge in [-0.25, -0.2) is 0 Å². The zero-order valence-corrected chi connectivity index (χ0v) is 13.0. The third-order valence-corrected chi connectivity index (χ3v) is 3.34. The minimum Gasteiger partial charge on any atom is -0.494 e. The number of aromatic nitrogens is 2. The van der Waals surface area contributed by atoms with E-state index in [1.807, 2.05) is 55.3 Å². The Bertz CT molecular complexity index is 567. The summed E-state index contributed by atoms with van der Waals surface area (Å²) in [5.41, 5.74) is 8.58. The number of nitrogens with two attached hydrogens (primary N) is 1. The Morgan fingerprint density at radius 2 is 2.14 bits per heavy atom. The zero-order valence-electron chi connectivity index (χ0n) is 13.0. The van der Waals surface area contributed by atoms with E-state index >= 15 is 0 Å². The predicted molar refractivity (Wildman–Crippen MR) is 84.1 cm³/mol. The summed E-state index contributed by atoms with van der Waals surface area (Å²) in [5, 5.41) is 4.18. The molecule has 2 aromatic rings. The monoisotopic (exact) mass is 288 g/mol. The first-order chi connectivity index (χ1) is 10.1. The molecule has 114 valence electrons. The number of rotatable bonds is 7. The van der Waals surface area contributed by atoms with Gasteiger partial charge in [-0.15, -0.1) is 0 Å². The van der Waals surface area contributed by atoms with E-state index in [0.29, 0.717) is 6.61 Å². The molecule has 21 heavy (non-hydrogen) atoms. The fraction of sp³-hybridized carbons (Fsp3) is 0.438. The van der Waals surface area contributed by atoms with Gasteiger partial charge in [-0.1, -0.05) is 18.2 Å². The maximum atomic E-state index is 6.34. The van der Waals surface area contributed by atoms with E-state index in [2.05, 4.69) is 17.0 Å². The van der Waals surface area contributed by atoms with Gasteiger partial charge in [-0.3, -0.25) is 4.68 Å². The van der Waals surface area contributed by atoms with Crippen molar-refractivity contribution in [3.8, 4) is 5.75 Å². The van der Waals surface area contributed by atoms with Gasteiger partial charge >= 0.3 is 0 Å². The number of hydrogen-bond acceptors (Lipinski definition) is 4. The second-order valence-corrected chi connectivity index (χ2v) is 5.30. The van der Waals surface area contributed by atoms with Crippen LogP contribution >= 0.6 is 0 Å². The lowest BCUT2D eigenvalue weighted by molar-refractivity contribution is 0.295. The normalized spacial score (nSPS) is 12.6. The number of para-hydroxylation sites is 1. The second-order valence-electron chi connectivity index (χ2n) is 5.30. The fourth-order valence-corrected chi connectivity index (χ4v) is 2.44. The molecule has 1 heterocycles. The quantitative estimate of drug-likeness (QED) is 0.846. The topological polar surface area (TPSA) is 56.3 Å². The van der Waals surface area contributed by atoms with Gasteiger partial charge in [-0.05, 0) is 20.0 Å². The van der Waals surface area contributed by atoms with Crippen molar-refractivity contribution in [2.45, 2.75) is 19.5 Å². The van der Waals surface area contributed by atoms with Crippen molar-refractivity contribution in [3.05, 3.63) is 47.8 Å². The Kier molecular flexibility index (Phi) is 5.36. The van der Waals surface area contributed by atoms with E-state index in [9.17, 15) is 0 Å². The van der Waals surface area contributed by atoms with Crippen LogP contribution in [0.2, 0.25) is 0 Å². The van der Waals surface area contributed by atoms with E-state index in [0.717, 1.165) is 24.4 Å². The van der Waals surface area contributed by atoms with Crippen LogP contribution in [0.25, 0.3) is 0 Å². The molecule has 0 bridgehead atoms. The van der Waals surface area contributed by atoms with Crippen molar-refractivity contribution in [2.24, 2.45) is 12.8 Å². The molecular weight excluding hydrogens is 264 g/mol. The van der Waals surface area contributed by atoms with Gasteiger partial charge in [0.1, 0.15) is 5.75 Å². The molecule has 0 spiro atoms. The van der Waals surface area contributed by atoms with Crippen LogP contribution in [0, 0.1) is 0 Å². The maximum Gasteiger partial charge on any atom is 0.124 e. The van der Waals surface area contributed by atoms with Gasteiger partial charge in [0.25, 0.3) is 0 Å². The summed E-state index contributed by atoms with van der Waals surface area (Å²) in [6.07, 6.45) is 3.91. The molecule has 0 saturated heterocycles. The predicted octanol–water partition coefficient (Wildman–Crippen LogP) is 1.95. The van der Waals surface area contributed by atoms with Crippen LogP contribution in [-0.4, -0.2) is 34.9 Å². The van der Waals surface area contributed by atoms with Crippen LogP contribution in [0.3, 0.4) is 0 Å². The fourth-order valence-electron chi connectivity index (χ4n) is 2.44. The number of benzene rings is 1. The third kappa shape index (κ3) is 4.31. The standard InChI is InChI=1S/C16H24N4O/c1-4-21-16-8-6-5-7-14(16)15(17)12-19(2)10-13-9-18-20(3)11-13/h5-9,11,15H,4,10,12,17H2,1-3H3. The molecule has 1 aromatic carbocycles. The number of hydrogen-bond donors (Lipinski definition) is 1. The Balaban J connectivity index is 1.98. The largest absolute Gasteiger partial charge is 0.494 e. The Hall–Kier alpha value is -1.85. The summed E-state index contributed by atoms with van der Waals surface area (Å²) in [7, 11) is 3.99. The molecule has 0 radical (unpaired) electrons. The van der Waals surface area contributed by atoms with Crippen LogP contribution < -0.4 is 10.5 Å². The van der Waals surface area contributed by atoms with E-state index in [1.165, 1.54) is 5.56 Å². The molecule has 0 fully saturated rings. The molecule has 2 N–H and O–H groups in total. The second kappa shape index (κ2) is 7.24. The lowest BCUT2D eigenvalue weighted by atomic mass is 10.1. The van der Waals surface area contributed by atoms with Gasteiger partial charge in [0.05, 0.1) is 12.8 Å². The molecule has 0 saturated carbocycles. The molecule has 0 amide bonds. The highest BCUT2D eigenvalue weighted by molar-refractivity contribution is 5.36.